The van der Waals surface area contributed by atoms with Gasteiger partial charge in [0.1, 0.15) is 0 Å². The second-order valence-corrected chi connectivity index (χ2v) is 10.5. The lowest BCUT2D eigenvalue weighted by Crippen LogP contribution is -2.63. The minimum absolute atomic E-state index is 0.0200. The zero-order valence-corrected chi connectivity index (χ0v) is 14.6. The van der Waals surface area contributed by atoms with Gasteiger partial charge >= 0.3 is 0 Å². The molecule has 9 atom stereocenters. The molecule has 130 valence electrons. The van der Waals surface area contributed by atoms with Gasteiger partial charge in [-0.15, -0.1) is 0 Å². The first kappa shape index (κ1) is 15.2. The van der Waals surface area contributed by atoms with E-state index in [9.17, 15) is 15.3 Å². The Labute approximate surface area is 139 Å². The monoisotopic (exact) mass is 320 g/mol. The molecule has 0 amide bonds. The van der Waals surface area contributed by atoms with Gasteiger partial charge in [-0.1, -0.05) is 20.3 Å². The predicted octanol–water partition coefficient (Wildman–Crippen LogP) is 2.58. The summed E-state index contributed by atoms with van der Waals surface area (Å²) in [6, 6.07) is 0. The van der Waals surface area contributed by atoms with Crippen LogP contribution >= 0.6 is 0 Å². The van der Waals surface area contributed by atoms with Crippen molar-refractivity contribution < 1.29 is 15.3 Å². The summed E-state index contributed by atoms with van der Waals surface area (Å²) in [5, 5.41) is 31.3. The standard InChI is InChI=1S/C20H32O3/c1-17(10-21)4-3-5-18(2)14(17)7-16(23)19-8-13-12(6-15(18)19)20(13,9-19)11-22/h12-16,21-23H,3-11H2,1-2H3/t12-,13-,14-,15+,16+,17-,18-,19-,20-/m1/s1. The maximum Gasteiger partial charge on any atom is 0.0602 e. The Morgan fingerprint density at radius 2 is 1.74 bits per heavy atom. The van der Waals surface area contributed by atoms with Gasteiger partial charge < -0.3 is 15.3 Å². The highest BCUT2D eigenvalue weighted by Crippen LogP contribution is 2.85. The quantitative estimate of drug-likeness (QED) is 0.733. The van der Waals surface area contributed by atoms with Crippen molar-refractivity contribution >= 4 is 0 Å². The predicted molar refractivity (Wildman–Crippen MR) is 87.5 cm³/mol. The zero-order chi connectivity index (χ0) is 16.3. The van der Waals surface area contributed by atoms with Gasteiger partial charge in [0, 0.05) is 24.0 Å². The average Bonchev–Trinajstić information content (AvgIpc) is 3.04. The SMILES string of the molecule is C[C@]1(CO)CCC[C@]2(C)[C@@H]1C[C@H](O)[C@@]13C[C@@H]4[C@@H](C[C@@H]21)[C@]4(CO)C3. The molecule has 3 nitrogen and oxygen atoms in total. The van der Waals surface area contributed by atoms with E-state index in [-0.39, 0.29) is 34.4 Å². The van der Waals surface area contributed by atoms with Gasteiger partial charge in [0.15, 0.2) is 0 Å². The first-order valence-electron chi connectivity index (χ1n) is 9.76. The smallest absolute Gasteiger partial charge is 0.0602 e. The normalized spacial score (nSPS) is 65.9. The molecule has 0 heterocycles. The minimum atomic E-state index is -0.230. The summed E-state index contributed by atoms with van der Waals surface area (Å²) in [6.45, 7) is 5.32. The van der Waals surface area contributed by atoms with E-state index in [4.69, 9.17) is 0 Å². The summed E-state index contributed by atoms with van der Waals surface area (Å²) >= 11 is 0. The van der Waals surface area contributed by atoms with E-state index in [0.717, 1.165) is 25.7 Å². The van der Waals surface area contributed by atoms with Crippen LogP contribution in [0.2, 0.25) is 0 Å². The fourth-order valence-corrected chi connectivity index (χ4v) is 8.86. The van der Waals surface area contributed by atoms with Crippen molar-refractivity contribution in [1.82, 2.24) is 0 Å². The van der Waals surface area contributed by atoms with Gasteiger partial charge in [-0.25, -0.2) is 0 Å². The van der Waals surface area contributed by atoms with Crippen LogP contribution in [0.1, 0.15) is 58.8 Å². The Morgan fingerprint density at radius 1 is 0.957 bits per heavy atom. The highest BCUT2D eigenvalue weighted by atomic mass is 16.3. The lowest BCUT2D eigenvalue weighted by Gasteiger charge is -2.67. The lowest BCUT2D eigenvalue weighted by atomic mass is 9.39. The highest BCUT2D eigenvalue weighted by Gasteiger charge is 2.81. The Kier molecular flexibility index (Phi) is 2.74. The minimum Gasteiger partial charge on any atom is -0.396 e. The summed E-state index contributed by atoms with van der Waals surface area (Å²) in [5.74, 6) is 2.44. The van der Waals surface area contributed by atoms with Gasteiger partial charge in [-0.3, -0.25) is 0 Å². The molecule has 4 bridgehead atoms. The summed E-state index contributed by atoms with van der Waals surface area (Å²) < 4.78 is 0. The molecular formula is C20H32O3. The molecule has 6 aliphatic carbocycles. The topological polar surface area (TPSA) is 60.7 Å². The van der Waals surface area contributed by atoms with E-state index in [0.29, 0.717) is 30.3 Å². The number of fused-ring (bicyclic) bond motifs is 1. The van der Waals surface area contributed by atoms with Gasteiger partial charge in [0.25, 0.3) is 0 Å². The van der Waals surface area contributed by atoms with E-state index < -0.39 is 0 Å². The van der Waals surface area contributed by atoms with Crippen LogP contribution in [0.15, 0.2) is 0 Å². The fourth-order valence-electron chi connectivity index (χ4n) is 8.86. The molecule has 0 saturated heterocycles. The molecule has 23 heavy (non-hydrogen) atoms. The van der Waals surface area contributed by atoms with Crippen LogP contribution in [0.4, 0.5) is 0 Å². The molecule has 6 rings (SSSR count). The van der Waals surface area contributed by atoms with E-state index >= 15 is 0 Å². The Morgan fingerprint density at radius 3 is 2.39 bits per heavy atom. The first-order valence-corrected chi connectivity index (χ1v) is 9.76. The highest BCUT2D eigenvalue weighted by molar-refractivity contribution is 5.29. The molecule has 0 aromatic carbocycles. The van der Waals surface area contributed by atoms with Crippen molar-refractivity contribution in [2.24, 2.45) is 45.3 Å². The van der Waals surface area contributed by atoms with Crippen LogP contribution in [0, 0.1) is 45.3 Å². The maximum atomic E-state index is 11.2. The van der Waals surface area contributed by atoms with Gasteiger partial charge in [0.2, 0.25) is 0 Å². The van der Waals surface area contributed by atoms with Crippen LogP contribution in [0.25, 0.3) is 0 Å². The molecule has 0 aliphatic heterocycles. The molecule has 6 saturated carbocycles. The molecule has 3 heteroatoms. The summed E-state index contributed by atoms with van der Waals surface area (Å²) in [4.78, 5) is 0. The number of rotatable bonds is 2. The van der Waals surface area contributed by atoms with Crippen LogP contribution in [-0.4, -0.2) is 34.6 Å². The lowest BCUT2D eigenvalue weighted by molar-refractivity contribution is -0.220. The van der Waals surface area contributed by atoms with Crippen molar-refractivity contribution in [2.45, 2.75) is 64.9 Å². The number of aliphatic hydroxyl groups is 3. The molecule has 6 aliphatic rings. The summed E-state index contributed by atoms with van der Waals surface area (Å²) in [7, 11) is 0. The number of hydrogen-bond donors (Lipinski definition) is 3. The van der Waals surface area contributed by atoms with Gasteiger partial charge in [0.05, 0.1) is 6.10 Å². The van der Waals surface area contributed by atoms with E-state index in [1.54, 1.807) is 0 Å². The molecular weight excluding hydrogens is 288 g/mol. The zero-order valence-electron chi connectivity index (χ0n) is 14.6. The summed E-state index contributed by atoms with van der Waals surface area (Å²) in [6.07, 6.45) is 7.65. The van der Waals surface area contributed by atoms with Crippen LogP contribution in [0.3, 0.4) is 0 Å². The molecule has 0 radical (unpaired) electrons. The van der Waals surface area contributed by atoms with Crippen molar-refractivity contribution in [2.75, 3.05) is 13.2 Å². The second kappa shape index (κ2) is 4.16. The molecule has 0 aromatic heterocycles. The third kappa shape index (κ3) is 1.46. The van der Waals surface area contributed by atoms with Crippen LogP contribution < -0.4 is 0 Å². The van der Waals surface area contributed by atoms with Crippen molar-refractivity contribution in [3.05, 3.63) is 0 Å². The summed E-state index contributed by atoms with van der Waals surface area (Å²) in [5.41, 5.74) is 0.495. The van der Waals surface area contributed by atoms with Crippen LogP contribution in [-0.2, 0) is 0 Å². The third-order valence-electron chi connectivity index (χ3n) is 9.97. The number of aliphatic hydroxyl groups excluding tert-OH is 3. The average molecular weight is 320 g/mol. The first-order chi connectivity index (χ1) is 10.9. The third-order valence-corrected chi connectivity index (χ3v) is 9.97. The Hall–Kier alpha value is -0.120. The Bertz CT molecular complexity index is 549. The van der Waals surface area contributed by atoms with Crippen molar-refractivity contribution in [3.63, 3.8) is 0 Å². The van der Waals surface area contributed by atoms with Crippen molar-refractivity contribution in [1.29, 1.82) is 0 Å². The van der Waals surface area contributed by atoms with Gasteiger partial charge in [-0.2, -0.15) is 0 Å². The fraction of sp³-hybridized carbons (Fsp3) is 1.00. The molecule has 0 aromatic rings. The Balaban J connectivity index is 1.57. The van der Waals surface area contributed by atoms with E-state index in [1.807, 2.05) is 0 Å². The molecule has 1 spiro atoms. The van der Waals surface area contributed by atoms with Crippen molar-refractivity contribution in [3.8, 4) is 0 Å². The largest absolute Gasteiger partial charge is 0.396 e. The molecule has 0 unspecified atom stereocenters. The molecule has 6 fully saturated rings. The molecule has 3 N–H and O–H groups in total. The van der Waals surface area contributed by atoms with E-state index in [1.165, 1.54) is 19.3 Å². The number of hydrogen-bond acceptors (Lipinski definition) is 3. The van der Waals surface area contributed by atoms with E-state index in [2.05, 4.69) is 13.8 Å². The van der Waals surface area contributed by atoms with Gasteiger partial charge in [-0.05, 0) is 73.0 Å². The second-order valence-electron chi connectivity index (χ2n) is 10.5. The van der Waals surface area contributed by atoms with Crippen LogP contribution in [0.5, 0.6) is 0 Å². The maximum absolute atomic E-state index is 11.2.